The van der Waals surface area contributed by atoms with E-state index in [1.54, 1.807) is 25.5 Å². The molecule has 0 unspecified atom stereocenters. The summed E-state index contributed by atoms with van der Waals surface area (Å²) in [7, 11) is 1.65. The number of pyridine rings is 2. The van der Waals surface area contributed by atoms with Gasteiger partial charge in [0.25, 0.3) is 5.56 Å². The van der Waals surface area contributed by atoms with E-state index in [0.717, 1.165) is 11.1 Å². The molecular weight excluding hydrogens is 204 g/mol. The molecule has 0 aliphatic heterocycles. The van der Waals surface area contributed by atoms with Crippen molar-refractivity contribution in [2.24, 2.45) is 7.05 Å². The molecule has 1 N–H and O–H groups in total. The fraction of sp³-hybridized carbons (Fsp3) is 0.167. The molecule has 82 valence electrons. The van der Waals surface area contributed by atoms with Gasteiger partial charge >= 0.3 is 0 Å². The smallest absolute Gasteiger partial charge is 0.250 e. The lowest BCUT2D eigenvalue weighted by Gasteiger charge is -2.11. The predicted octanol–water partition coefficient (Wildman–Crippen LogP) is 0.940. The van der Waals surface area contributed by atoms with Gasteiger partial charge < -0.3 is 9.67 Å². The van der Waals surface area contributed by atoms with Crippen LogP contribution in [-0.4, -0.2) is 14.7 Å². The lowest BCUT2D eigenvalue weighted by Crippen LogP contribution is -2.20. The Balaban J connectivity index is 2.67. The third kappa shape index (κ3) is 1.75. The van der Waals surface area contributed by atoms with Gasteiger partial charge in [-0.2, -0.15) is 0 Å². The highest BCUT2D eigenvalue weighted by Crippen LogP contribution is 2.21. The Kier molecular flexibility index (Phi) is 2.83. The molecule has 2 aromatic heterocycles. The van der Waals surface area contributed by atoms with Crippen LogP contribution in [-0.2, 0) is 13.7 Å². The summed E-state index contributed by atoms with van der Waals surface area (Å²) in [4.78, 5) is 15.4. The lowest BCUT2D eigenvalue weighted by atomic mass is 10.1. The molecule has 4 heteroatoms. The van der Waals surface area contributed by atoms with Gasteiger partial charge in [-0.3, -0.25) is 9.78 Å². The van der Waals surface area contributed by atoms with Crippen molar-refractivity contribution in [2.45, 2.75) is 6.61 Å². The number of aliphatic hydroxyl groups excluding tert-OH is 1. The van der Waals surface area contributed by atoms with E-state index in [1.807, 2.05) is 12.1 Å². The molecule has 0 saturated carbocycles. The summed E-state index contributed by atoms with van der Waals surface area (Å²) in [6.07, 6.45) is 3.36. The Morgan fingerprint density at radius 1 is 1.25 bits per heavy atom. The van der Waals surface area contributed by atoms with Crippen molar-refractivity contribution in [1.82, 2.24) is 9.55 Å². The molecular formula is C12H12N2O2. The molecule has 2 aromatic rings. The van der Waals surface area contributed by atoms with Crippen LogP contribution in [0.5, 0.6) is 0 Å². The first-order valence-electron chi connectivity index (χ1n) is 4.94. The van der Waals surface area contributed by atoms with Crippen molar-refractivity contribution in [2.75, 3.05) is 0 Å². The van der Waals surface area contributed by atoms with Crippen molar-refractivity contribution in [1.29, 1.82) is 0 Å². The van der Waals surface area contributed by atoms with E-state index >= 15 is 0 Å². The Bertz CT molecular complexity index is 547. The molecule has 0 aliphatic rings. The Morgan fingerprint density at radius 2 is 1.94 bits per heavy atom. The van der Waals surface area contributed by atoms with Crippen LogP contribution in [0.15, 0.2) is 41.5 Å². The highest BCUT2D eigenvalue weighted by molar-refractivity contribution is 5.65. The number of aliphatic hydroxyl groups is 1. The summed E-state index contributed by atoms with van der Waals surface area (Å²) in [5.41, 5.74) is 2.28. The number of nitrogens with zero attached hydrogens (tertiary/aromatic N) is 2. The van der Waals surface area contributed by atoms with Crippen molar-refractivity contribution in [3.8, 4) is 11.1 Å². The van der Waals surface area contributed by atoms with E-state index in [1.165, 1.54) is 10.6 Å². The summed E-state index contributed by atoms with van der Waals surface area (Å²) in [6, 6.07) is 6.91. The minimum absolute atomic E-state index is 0.123. The fourth-order valence-electron chi connectivity index (χ4n) is 1.66. The van der Waals surface area contributed by atoms with E-state index in [0.29, 0.717) is 5.69 Å². The molecule has 0 atom stereocenters. The highest BCUT2D eigenvalue weighted by Gasteiger charge is 2.07. The van der Waals surface area contributed by atoms with Gasteiger partial charge in [-0.1, -0.05) is 0 Å². The molecule has 2 rings (SSSR count). The van der Waals surface area contributed by atoms with E-state index < -0.39 is 0 Å². The molecule has 0 fully saturated rings. The fourth-order valence-corrected chi connectivity index (χ4v) is 1.66. The van der Waals surface area contributed by atoms with Gasteiger partial charge in [0.1, 0.15) is 0 Å². The van der Waals surface area contributed by atoms with Crippen LogP contribution in [0.2, 0.25) is 0 Å². The average Bonchev–Trinajstić information content (AvgIpc) is 2.33. The van der Waals surface area contributed by atoms with Gasteiger partial charge in [0.15, 0.2) is 0 Å². The zero-order chi connectivity index (χ0) is 11.5. The molecule has 0 saturated heterocycles. The van der Waals surface area contributed by atoms with Crippen LogP contribution in [0.3, 0.4) is 0 Å². The second kappa shape index (κ2) is 4.28. The molecule has 16 heavy (non-hydrogen) atoms. The third-order valence-electron chi connectivity index (χ3n) is 2.58. The van der Waals surface area contributed by atoms with Gasteiger partial charge in [-0.25, -0.2) is 0 Å². The molecule has 0 radical (unpaired) electrons. The van der Waals surface area contributed by atoms with E-state index in [9.17, 15) is 9.90 Å². The van der Waals surface area contributed by atoms with Gasteiger partial charge in [-0.15, -0.1) is 0 Å². The molecule has 0 bridgehead atoms. The minimum Gasteiger partial charge on any atom is -0.390 e. The van der Waals surface area contributed by atoms with Crippen molar-refractivity contribution in [3.05, 3.63) is 52.7 Å². The molecule has 0 amide bonds. The monoisotopic (exact) mass is 216 g/mol. The summed E-state index contributed by atoms with van der Waals surface area (Å²) < 4.78 is 1.45. The SMILES string of the molecule is Cn1c(CO)c(-c2ccncc2)ccc1=O. The van der Waals surface area contributed by atoms with Crippen molar-refractivity contribution < 1.29 is 5.11 Å². The maximum absolute atomic E-state index is 11.4. The quantitative estimate of drug-likeness (QED) is 0.812. The number of hydrogen-bond donors (Lipinski definition) is 1. The lowest BCUT2D eigenvalue weighted by molar-refractivity contribution is 0.271. The topological polar surface area (TPSA) is 55.1 Å². The number of hydrogen-bond acceptors (Lipinski definition) is 3. The standard InChI is InChI=1S/C12H12N2O2/c1-14-11(8-15)10(2-3-12(14)16)9-4-6-13-7-5-9/h2-7,15H,8H2,1H3. The van der Waals surface area contributed by atoms with Gasteiger partial charge in [-0.05, 0) is 23.8 Å². The normalized spacial score (nSPS) is 10.4. The Labute approximate surface area is 92.8 Å². The third-order valence-corrected chi connectivity index (χ3v) is 2.58. The van der Waals surface area contributed by atoms with Crippen molar-refractivity contribution in [3.63, 3.8) is 0 Å². The highest BCUT2D eigenvalue weighted by atomic mass is 16.3. The first kappa shape index (κ1) is 10.6. The number of aromatic nitrogens is 2. The van der Waals surface area contributed by atoms with Gasteiger partial charge in [0.05, 0.1) is 12.3 Å². The molecule has 0 spiro atoms. The second-order valence-corrected chi connectivity index (χ2v) is 3.48. The Hall–Kier alpha value is -1.94. The van der Waals surface area contributed by atoms with Crippen LogP contribution >= 0.6 is 0 Å². The van der Waals surface area contributed by atoms with Crippen LogP contribution in [0.25, 0.3) is 11.1 Å². The van der Waals surface area contributed by atoms with Crippen LogP contribution < -0.4 is 5.56 Å². The molecule has 0 aromatic carbocycles. The zero-order valence-electron chi connectivity index (χ0n) is 8.92. The summed E-state index contributed by atoms with van der Waals surface area (Å²) >= 11 is 0. The van der Waals surface area contributed by atoms with Gasteiger partial charge in [0, 0.05) is 31.1 Å². The summed E-state index contributed by atoms with van der Waals surface area (Å²) in [5, 5.41) is 9.31. The van der Waals surface area contributed by atoms with E-state index in [2.05, 4.69) is 4.98 Å². The maximum atomic E-state index is 11.4. The van der Waals surface area contributed by atoms with Crippen molar-refractivity contribution >= 4 is 0 Å². The predicted molar refractivity (Wildman–Crippen MR) is 60.8 cm³/mol. The minimum atomic E-state index is -0.162. The van der Waals surface area contributed by atoms with E-state index in [-0.39, 0.29) is 12.2 Å². The summed E-state index contributed by atoms with van der Waals surface area (Å²) in [5.74, 6) is 0. The second-order valence-electron chi connectivity index (χ2n) is 3.48. The zero-order valence-corrected chi connectivity index (χ0v) is 8.92. The van der Waals surface area contributed by atoms with Gasteiger partial charge in [0.2, 0.25) is 0 Å². The number of rotatable bonds is 2. The Morgan fingerprint density at radius 3 is 2.56 bits per heavy atom. The maximum Gasteiger partial charge on any atom is 0.250 e. The first-order valence-corrected chi connectivity index (χ1v) is 4.94. The summed E-state index contributed by atoms with van der Waals surface area (Å²) in [6.45, 7) is -0.162. The van der Waals surface area contributed by atoms with Crippen LogP contribution in [0, 0.1) is 0 Å². The average molecular weight is 216 g/mol. The van der Waals surface area contributed by atoms with Crippen LogP contribution in [0.4, 0.5) is 0 Å². The molecule has 4 nitrogen and oxygen atoms in total. The molecule has 0 aliphatic carbocycles. The van der Waals surface area contributed by atoms with E-state index in [4.69, 9.17) is 0 Å². The van der Waals surface area contributed by atoms with Crippen LogP contribution in [0.1, 0.15) is 5.69 Å². The first-order chi connectivity index (χ1) is 7.74. The largest absolute Gasteiger partial charge is 0.390 e. The molecule has 2 heterocycles.